The predicted octanol–water partition coefficient (Wildman–Crippen LogP) is 0.991. The molecule has 2 aliphatic rings. The Morgan fingerprint density at radius 1 is 1.00 bits per heavy atom. The lowest BCUT2D eigenvalue weighted by Gasteiger charge is -2.32. The monoisotopic (exact) mass is 257 g/mol. The summed E-state index contributed by atoms with van der Waals surface area (Å²) in [5.74, 6) is -0.934. The molecule has 0 radical (unpaired) electrons. The molecule has 1 saturated heterocycles. The van der Waals surface area contributed by atoms with Crippen LogP contribution in [0.5, 0.6) is 0 Å². The Balaban J connectivity index is 2.08. The number of likely N-dealkylation sites (tertiary alicyclic amines) is 1. The van der Waals surface area contributed by atoms with Crippen molar-refractivity contribution >= 4 is 12.1 Å². The van der Waals surface area contributed by atoms with E-state index < -0.39 is 18.1 Å². The highest BCUT2D eigenvalue weighted by atomic mass is 16.4. The normalized spacial score (nSPS) is 36.6. The van der Waals surface area contributed by atoms with Gasteiger partial charge in [0.1, 0.15) is 6.04 Å². The SMILES string of the molecule is O=C(O)[C@H]1[C@@H](C2CCC(O)CC2)CCN1C(=O)O. The Bertz CT molecular complexity index is 337. The Morgan fingerprint density at radius 2 is 1.61 bits per heavy atom. The van der Waals surface area contributed by atoms with Crippen molar-refractivity contribution in [1.29, 1.82) is 0 Å². The summed E-state index contributed by atoms with van der Waals surface area (Å²) < 4.78 is 0. The molecule has 1 heterocycles. The average Bonchev–Trinajstić information content (AvgIpc) is 2.74. The van der Waals surface area contributed by atoms with Gasteiger partial charge < -0.3 is 15.3 Å². The van der Waals surface area contributed by atoms with Gasteiger partial charge in [0.05, 0.1) is 6.10 Å². The number of aliphatic hydroxyl groups is 1. The summed E-state index contributed by atoms with van der Waals surface area (Å²) in [7, 11) is 0. The van der Waals surface area contributed by atoms with Crippen molar-refractivity contribution in [2.75, 3.05) is 6.54 Å². The second-order valence-electron chi connectivity index (χ2n) is 5.28. The van der Waals surface area contributed by atoms with E-state index in [1.807, 2.05) is 0 Å². The highest BCUT2D eigenvalue weighted by molar-refractivity contribution is 5.80. The van der Waals surface area contributed by atoms with E-state index in [9.17, 15) is 19.8 Å². The number of carbonyl (C=O) groups is 2. The van der Waals surface area contributed by atoms with Crippen molar-refractivity contribution in [1.82, 2.24) is 4.90 Å². The zero-order valence-corrected chi connectivity index (χ0v) is 10.2. The Hall–Kier alpha value is -1.30. The van der Waals surface area contributed by atoms with Gasteiger partial charge in [0.15, 0.2) is 0 Å². The van der Waals surface area contributed by atoms with Crippen LogP contribution in [0.4, 0.5) is 4.79 Å². The molecule has 18 heavy (non-hydrogen) atoms. The van der Waals surface area contributed by atoms with Gasteiger partial charge in [-0.1, -0.05) is 0 Å². The highest BCUT2D eigenvalue weighted by Crippen LogP contribution is 2.39. The number of carboxylic acid groups (broad SMARTS) is 2. The predicted molar refractivity (Wildman–Crippen MR) is 62.2 cm³/mol. The number of hydrogen-bond acceptors (Lipinski definition) is 3. The van der Waals surface area contributed by atoms with E-state index in [0.717, 1.165) is 17.7 Å². The Labute approximate surface area is 105 Å². The quantitative estimate of drug-likeness (QED) is 0.685. The smallest absolute Gasteiger partial charge is 0.408 e. The van der Waals surface area contributed by atoms with Crippen LogP contribution in [0, 0.1) is 11.8 Å². The van der Waals surface area contributed by atoms with E-state index in [1.54, 1.807) is 0 Å². The molecule has 0 aromatic rings. The molecule has 102 valence electrons. The summed E-state index contributed by atoms with van der Waals surface area (Å²) >= 11 is 0. The van der Waals surface area contributed by atoms with Crippen molar-refractivity contribution in [3.63, 3.8) is 0 Å². The topological polar surface area (TPSA) is 98.1 Å². The summed E-state index contributed by atoms with van der Waals surface area (Å²) in [6.45, 7) is 0.302. The first-order chi connectivity index (χ1) is 8.50. The number of aliphatic carboxylic acids is 1. The lowest BCUT2D eigenvalue weighted by Crippen LogP contribution is -2.44. The van der Waals surface area contributed by atoms with Gasteiger partial charge >= 0.3 is 12.1 Å². The molecule has 2 atom stereocenters. The van der Waals surface area contributed by atoms with E-state index in [1.165, 1.54) is 0 Å². The maximum Gasteiger partial charge on any atom is 0.408 e. The van der Waals surface area contributed by atoms with E-state index >= 15 is 0 Å². The summed E-state index contributed by atoms with van der Waals surface area (Å²) in [6, 6.07) is -0.914. The molecule has 3 N–H and O–H groups in total. The first-order valence-electron chi connectivity index (χ1n) is 6.41. The number of amides is 1. The fourth-order valence-corrected chi connectivity index (χ4v) is 3.37. The standard InChI is InChI=1S/C12H19NO5/c14-8-3-1-7(2-4-8)9-5-6-13(12(17)18)10(9)11(15)16/h7-10,14H,1-6H2,(H,15,16)(H,17,18)/t7?,8?,9-,10-/m1/s1. The second-order valence-corrected chi connectivity index (χ2v) is 5.28. The van der Waals surface area contributed by atoms with Crippen molar-refractivity contribution in [2.24, 2.45) is 11.8 Å². The molecule has 1 aliphatic heterocycles. The van der Waals surface area contributed by atoms with Crippen LogP contribution in [0.15, 0.2) is 0 Å². The average molecular weight is 257 g/mol. The lowest BCUT2D eigenvalue weighted by molar-refractivity contribution is -0.143. The van der Waals surface area contributed by atoms with E-state index in [0.29, 0.717) is 25.8 Å². The second kappa shape index (κ2) is 5.14. The van der Waals surface area contributed by atoms with E-state index in [2.05, 4.69) is 0 Å². The molecule has 1 saturated carbocycles. The molecule has 6 nitrogen and oxygen atoms in total. The third-order valence-electron chi connectivity index (χ3n) is 4.29. The molecule has 1 amide bonds. The summed E-state index contributed by atoms with van der Waals surface area (Å²) in [5, 5.41) is 27.7. The maximum atomic E-state index is 11.3. The van der Waals surface area contributed by atoms with Gasteiger partial charge in [0.25, 0.3) is 0 Å². The minimum atomic E-state index is -1.15. The van der Waals surface area contributed by atoms with E-state index in [4.69, 9.17) is 5.11 Å². The van der Waals surface area contributed by atoms with Crippen molar-refractivity contribution in [3.8, 4) is 0 Å². The van der Waals surface area contributed by atoms with Gasteiger partial charge in [-0.15, -0.1) is 0 Å². The van der Waals surface area contributed by atoms with Crippen LogP contribution in [-0.4, -0.2) is 51.0 Å². The number of hydrogen-bond donors (Lipinski definition) is 3. The zero-order chi connectivity index (χ0) is 13.3. The molecule has 1 aliphatic carbocycles. The molecule has 0 unspecified atom stereocenters. The molecule has 0 spiro atoms. The van der Waals surface area contributed by atoms with Crippen LogP contribution >= 0.6 is 0 Å². The molecule has 0 aromatic carbocycles. The van der Waals surface area contributed by atoms with Crippen LogP contribution in [-0.2, 0) is 4.79 Å². The molecule has 2 rings (SSSR count). The maximum absolute atomic E-state index is 11.3. The number of rotatable bonds is 2. The lowest BCUT2D eigenvalue weighted by atomic mass is 9.76. The fourth-order valence-electron chi connectivity index (χ4n) is 3.37. The zero-order valence-electron chi connectivity index (χ0n) is 10.2. The van der Waals surface area contributed by atoms with Gasteiger partial charge in [-0.3, -0.25) is 4.90 Å². The largest absolute Gasteiger partial charge is 0.480 e. The number of nitrogens with zero attached hydrogens (tertiary/aromatic N) is 1. The van der Waals surface area contributed by atoms with Gasteiger partial charge in [-0.05, 0) is 43.9 Å². The molecular formula is C12H19NO5. The Morgan fingerprint density at radius 3 is 2.11 bits per heavy atom. The summed E-state index contributed by atoms with van der Waals surface area (Å²) in [6.07, 6.45) is 2.17. The van der Waals surface area contributed by atoms with Gasteiger partial charge in [-0.25, -0.2) is 9.59 Å². The number of aliphatic hydroxyl groups excluding tert-OH is 1. The van der Waals surface area contributed by atoms with E-state index in [-0.39, 0.29) is 17.9 Å². The number of carboxylic acids is 1. The van der Waals surface area contributed by atoms with Gasteiger partial charge in [-0.2, -0.15) is 0 Å². The highest BCUT2D eigenvalue weighted by Gasteiger charge is 2.45. The van der Waals surface area contributed by atoms with Crippen LogP contribution in [0.2, 0.25) is 0 Å². The van der Waals surface area contributed by atoms with Crippen molar-refractivity contribution in [2.45, 2.75) is 44.2 Å². The summed E-state index contributed by atoms with van der Waals surface area (Å²) in [4.78, 5) is 23.3. The van der Waals surface area contributed by atoms with Crippen LogP contribution in [0.1, 0.15) is 32.1 Å². The first-order valence-corrected chi connectivity index (χ1v) is 6.41. The van der Waals surface area contributed by atoms with Crippen molar-refractivity contribution in [3.05, 3.63) is 0 Å². The molecule has 2 fully saturated rings. The summed E-state index contributed by atoms with van der Waals surface area (Å²) in [5.41, 5.74) is 0. The minimum absolute atomic E-state index is 0.105. The molecule has 0 bridgehead atoms. The molecule has 0 aromatic heterocycles. The van der Waals surface area contributed by atoms with Gasteiger partial charge in [0, 0.05) is 6.54 Å². The fraction of sp³-hybridized carbons (Fsp3) is 0.833. The molecule has 6 heteroatoms. The Kier molecular flexibility index (Phi) is 3.75. The first kappa shape index (κ1) is 13.1. The van der Waals surface area contributed by atoms with Crippen LogP contribution in [0.25, 0.3) is 0 Å². The van der Waals surface area contributed by atoms with Gasteiger partial charge in [0.2, 0.25) is 0 Å². The van der Waals surface area contributed by atoms with Crippen molar-refractivity contribution < 1.29 is 24.9 Å². The third-order valence-corrected chi connectivity index (χ3v) is 4.29. The molecular weight excluding hydrogens is 238 g/mol. The van der Waals surface area contributed by atoms with Crippen LogP contribution < -0.4 is 0 Å². The minimum Gasteiger partial charge on any atom is -0.480 e. The third kappa shape index (κ3) is 2.43. The van der Waals surface area contributed by atoms with Crippen LogP contribution in [0.3, 0.4) is 0 Å².